The lowest BCUT2D eigenvalue weighted by Gasteiger charge is -2.16. The summed E-state index contributed by atoms with van der Waals surface area (Å²) in [7, 11) is 0. The standard InChI is InChI=1S/C20H19BrN2O2/c21-14-4-1-3-13(11-14)17-12-18(17)20(25)22-15-6-8-16(9-7-15)23-10-2-5-19(23)24/h1,3-4,6-9,11,17-18H,2,5,10,12H2,(H,22,25). The van der Waals surface area contributed by atoms with Crippen LogP contribution in [0.1, 0.15) is 30.7 Å². The average molecular weight is 399 g/mol. The van der Waals surface area contributed by atoms with Crippen LogP contribution in [0.4, 0.5) is 11.4 Å². The third kappa shape index (κ3) is 3.47. The second-order valence-electron chi connectivity index (χ2n) is 6.69. The van der Waals surface area contributed by atoms with Crippen molar-refractivity contribution in [2.45, 2.75) is 25.2 Å². The molecule has 2 fully saturated rings. The molecule has 4 nitrogen and oxygen atoms in total. The predicted molar refractivity (Wildman–Crippen MR) is 102 cm³/mol. The monoisotopic (exact) mass is 398 g/mol. The minimum absolute atomic E-state index is 0.0362. The zero-order valence-corrected chi connectivity index (χ0v) is 15.3. The van der Waals surface area contributed by atoms with E-state index in [-0.39, 0.29) is 17.7 Å². The molecule has 1 N–H and O–H groups in total. The maximum absolute atomic E-state index is 12.4. The van der Waals surface area contributed by atoms with E-state index in [9.17, 15) is 9.59 Å². The Hall–Kier alpha value is -2.14. The van der Waals surface area contributed by atoms with E-state index in [0.29, 0.717) is 12.3 Å². The average Bonchev–Trinajstić information content (AvgIpc) is 3.31. The maximum atomic E-state index is 12.4. The Morgan fingerprint density at radius 3 is 2.64 bits per heavy atom. The Morgan fingerprint density at radius 2 is 1.96 bits per heavy atom. The van der Waals surface area contributed by atoms with E-state index in [1.807, 2.05) is 36.4 Å². The first-order chi connectivity index (χ1) is 12.1. The van der Waals surface area contributed by atoms with Crippen molar-refractivity contribution in [3.8, 4) is 0 Å². The molecule has 128 valence electrons. The minimum atomic E-state index is 0.0362. The minimum Gasteiger partial charge on any atom is -0.326 e. The molecule has 2 aromatic carbocycles. The van der Waals surface area contributed by atoms with E-state index in [1.54, 1.807) is 4.90 Å². The molecule has 1 aliphatic carbocycles. The second kappa shape index (κ2) is 6.64. The molecule has 0 bridgehead atoms. The Bertz CT molecular complexity index is 819. The fourth-order valence-corrected chi connectivity index (χ4v) is 3.89. The highest BCUT2D eigenvalue weighted by Crippen LogP contribution is 2.48. The molecule has 1 saturated carbocycles. The summed E-state index contributed by atoms with van der Waals surface area (Å²) in [5.74, 6) is 0.578. The van der Waals surface area contributed by atoms with Crippen LogP contribution in [0, 0.1) is 5.92 Å². The van der Waals surface area contributed by atoms with Gasteiger partial charge in [0.05, 0.1) is 0 Å². The number of carbonyl (C=O) groups excluding carboxylic acids is 2. The number of nitrogens with zero attached hydrogens (tertiary/aromatic N) is 1. The van der Waals surface area contributed by atoms with Crippen LogP contribution in [0.15, 0.2) is 53.0 Å². The van der Waals surface area contributed by atoms with E-state index in [2.05, 4.69) is 33.4 Å². The number of hydrogen-bond donors (Lipinski definition) is 1. The molecule has 5 heteroatoms. The molecule has 4 rings (SSSR count). The van der Waals surface area contributed by atoms with Gasteiger partial charge in [0.15, 0.2) is 0 Å². The normalized spacial score (nSPS) is 22.1. The van der Waals surface area contributed by atoms with Crippen molar-refractivity contribution in [1.29, 1.82) is 0 Å². The summed E-state index contributed by atoms with van der Waals surface area (Å²) >= 11 is 3.48. The molecule has 1 aliphatic heterocycles. The number of nitrogens with one attached hydrogen (secondary N) is 1. The third-order valence-corrected chi connectivity index (χ3v) is 5.42. The second-order valence-corrected chi connectivity index (χ2v) is 7.60. The summed E-state index contributed by atoms with van der Waals surface area (Å²) in [6.45, 7) is 0.779. The molecule has 1 heterocycles. The predicted octanol–water partition coefficient (Wildman–Crippen LogP) is 4.32. The Labute approximate surface area is 155 Å². The van der Waals surface area contributed by atoms with E-state index in [1.165, 1.54) is 5.56 Å². The van der Waals surface area contributed by atoms with Gasteiger partial charge in [-0.2, -0.15) is 0 Å². The number of hydrogen-bond acceptors (Lipinski definition) is 2. The first-order valence-corrected chi connectivity index (χ1v) is 9.38. The molecule has 1 saturated heterocycles. The number of rotatable bonds is 4. The largest absolute Gasteiger partial charge is 0.326 e. The van der Waals surface area contributed by atoms with Gasteiger partial charge in [-0.25, -0.2) is 0 Å². The van der Waals surface area contributed by atoms with Gasteiger partial charge >= 0.3 is 0 Å². The smallest absolute Gasteiger partial charge is 0.228 e. The highest BCUT2D eigenvalue weighted by Gasteiger charge is 2.43. The van der Waals surface area contributed by atoms with Crippen molar-refractivity contribution in [2.75, 3.05) is 16.8 Å². The Balaban J connectivity index is 1.38. The van der Waals surface area contributed by atoms with Gasteiger partial charge in [-0.1, -0.05) is 28.1 Å². The summed E-state index contributed by atoms with van der Waals surface area (Å²) in [6.07, 6.45) is 2.43. The summed E-state index contributed by atoms with van der Waals surface area (Å²) in [5.41, 5.74) is 2.89. The van der Waals surface area contributed by atoms with Crippen LogP contribution < -0.4 is 10.2 Å². The van der Waals surface area contributed by atoms with Gasteiger partial charge in [0.1, 0.15) is 0 Å². The van der Waals surface area contributed by atoms with E-state index < -0.39 is 0 Å². The quantitative estimate of drug-likeness (QED) is 0.833. The van der Waals surface area contributed by atoms with Crippen molar-refractivity contribution in [1.82, 2.24) is 0 Å². The first kappa shape index (κ1) is 16.3. The summed E-state index contributed by atoms with van der Waals surface area (Å²) < 4.78 is 1.04. The SMILES string of the molecule is O=C(Nc1ccc(N2CCCC2=O)cc1)C1CC1c1cccc(Br)c1. The maximum Gasteiger partial charge on any atom is 0.228 e. The zero-order valence-electron chi connectivity index (χ0n) is 13.7. The van der Waals surface area contributed by atoms with Gasteiger partial charge < -0.3 is 10.2 Å². The van der Waals surface area contributed by atoms with Crippen molar-refractivity contribution < 1.29 is 9.59 Å². The highest BCUT2D eigenvalue weighted by atomic mass is 79.9. The van der Waals surface area contributed by atoms with Gasteiger partial charge in [-0.3, -0.25) is 9.59 Å². The van der Waals surface area contributed by atoms with Crippen LogP contribution in [0.25, 0.3) is 0 Å². The summed E-state index contributed by atoms with van der Waals surface area (Å²) in [6, 6.07) is 15.7. The third-order valence-electron chi connectivity index (χ3n) is 4.92. The summed E-state index contributed by atoms with van der Waals surface area (Å²) in [5, 5.41) is 2.99. The van der Waals surface area contributed by atoms with Crippen LogP contribution in [-0.2, 0) is 9.59 Å². The lowest BCUT2D eigenvalue weighted by atomic mass is 10.1. The number of amides is 2. The van der Waals surface area contributed by atoms with Gasteiger partial charge in [0, 0.05) is 34.7 Å². The number of halogens is 1. The zero-order chi connectivity index (χ0) is 17.4. The number of carbonyl (C=O) groups is 2. The van der Waals surface area contributed by atoms with Crippen LogP contribution in [0.2, 0.25) is 0 Å². The van der Waals surface area contributed by atoms with Crippen molar-refractivity contribution >= 4 is 39.1 Å². The molecule has 2 unspecified atom stereocenters. The van der Waals surface area contributed by atoms with Gasteiger partial charge in [0.2, 0.25) is 11.8 Å². The van der Waals surface area contributed by atoms with Crippen molar-refractivity contribution in [3.05, 3.63) is 58.6 Å². The highest BCUT2D eigenvalue weighted by molar-refractivity contribution is 9.10. The van der Waals surface area contributed by atoms with E-state index in [0.717, 1.165) is 35.2 Å². The molecule has 2 aromatic rings. The van der Waals surface area contributed by atoms with Crippen LogP contribution in [0.5, 0.6) is 0 Å². The topological polar surface area (TPSA) is 49.4 Å². The Morgan fingerprint density at radius 1 is 1.16 bits per heavy atom. The number of anilines is 2. The summed E-state index contributed by atoms with van der Waals surface area (Å²) in [4.78, 5) is 26.0. The van der Waals surface area contributed by atoms with Crippen molar-refractivity contribution in [2.24, 2.45) is 5.92 Å². The van der Waals surface area contributed by atoms with Crippen LogP contribution >= 0.6 is 15.9 Å². The van der Waals surface area contributed by atoms with Gasteiger partial charge in [-0.15, -0.1) is 0 Å². The first-order valence-electron chi connectivity index (χ1n) is 8.58. The number of benzene rings is 2. The molecule has 2 atom stereocenters. The Kier molecular flexibility index (Phi) is 4.34. The lowest BCUT2D eigenvalue weighted by Crippen LogP contribution is -2.23. The van der Waals surface area contributed by atoms with Gasteiger partial charge in [-0.05, 0) is 60.7 Å². The molecular formula is C20H19BrN2O2. The van der Waals surface area contributed by atoms with E-state index >= 15 is 0 Å². The lowest BCUT2D eigenvalue weighted by molar-refractivity contribution is -0.118. The van der Waals surface area contributed by atoms with Crippen LogP contribution in [0.3, 0.4) is 0 Å². The molecular weight excluding hydrogens is 380 g/mol. The molecule has 0 radical (unpaired) electrons. The molecule has 2 aliphatic rings. The van der Waals surface area contributed by atoms with E-state index in [4.69, 9.17) is 0 Å². The van der Waals surface area contributed by atoms with Crippen LogP contribution in [-0.4, -0.2) is 18.4 Å². The van der Waals surface area contributed by atoms with Gasteiger partial charge in [0.25, 0.3) is 0 Å². The molecule has 25 heavy (non-hydrogen) atoms. The fourth-order valence-electron chi connectivity index (χ4n) is 3.47. The molecule has 0 spiro atoms. The fraction of sp³-hybridized carbons (Fsp3) is 0.300. The molecule has 2 amide bonds. The molecule has 0 aromatic heterocycles. The van der Waals surface area contributed by atoms with Crippen molar-refractivity contribution in [3.63, 3.8) is 0 Å².